The van der Waals surface area contributed by atoms with Crippen molar-refractivity contribution in [2.45, 2.75) is 0 Å². The van der Waals surface area contributed by atoms with Crippen molar-refractivity contribution in [2.75, 3.05) is 38.0 Å². The fraction of sp³-hybridized carbons (Fsp3) is 0.200. The van der Waals surface area contributed by atoms with Crippen LogP contribution in [0.15, 0.2) is 54.6 Å². The van der Waals surface area contributed by atoms with Crippen LogP contribution in [0.4, 0.5) is 11.4 Å². The highest BCUT2D eigenvalue weighted by Crippen LogP contribution is 2.16. The summed E-state index contributed by atoms with van der Waals surface area (Å²) in [5.41, 5.74) is 6.30. The largest absolute Gasteiger partial charge is 0.440 e. The van der Waals surface area contributed by atoms with Crippen LogP contribution < -0.4 is 14.3 Å². The first-order valence-electron chi connectivity index (χ1n) is 10.4. The highest BCUT2D eigenvalue weighted by Gasteiger charge is 2.15. The lowest BCUT2D eigenvalue weighted by molar-refractivity contribution is -0.588. The number of nitrogens with zero attached hydrogens (tertiary/aromatic N) is 7. The molecular formula is C25H28N7+. The topological polar surface area (TPSA) is 54.2 Å². The van der Waals surface area contributed by atoms with E-state index in [1.165, 1.54) is 16.2 Å². The molecule has 0 saturated heterocycles. The van der Waals surface area contributed by atoms with Gasteiger partial charge in [0.2, 0.25) is 0 Å². The molecule has 0 saturated carbocycles. The fourth-order valence-electron chi connectivity index (χ4n) is 3.29. The van der Waals surface area contributed by atoms with E-state index in [4.69, 9.17) is 0 Å². The first-order valence-corrected chi connectivity index (χ1v) is 10.4. The second-order valence-electron chi connectivity index (χ2n) is 8.04. The Labute approximate surface area is 188 Å². The lowest BCUT2D eigenvalue weighted by Crippen LogP contribution is -2.29. The molecule has 32 heavy (non-hydrogen) atoms. The quantitative estimate of drug-likeness (QED) is 0.442. The van der Waals surface area contributed by atoms with Gasteiger partial charge >= 0.3 is 5.78 Å². The zero-order valence-corrected chi connectivity index (χ0v) is 19.1. The van der Waals surface area contributed by atoms with Crippen LogP contribution in [0.25, 0.3) is 30.1 Å². The maximum absolute atomic E-state index is 4.64. The Hall–Kier alpha value is -4.00. The Balaban J connectivity index is 1.63. The molecule has 0 aliphatic heterocycles. The van der Waals surface area contributed by atoms with Gasteiger partial charge in [0.05, 0.1) is 5.10 Å². The van der Waals surface area contributed by atoms with Crippen molar-refractivity contribution in [3.05, 3.63) is 77.1 Å². The molecule has 0 atom stereocenters. The van der Waals surface area contributed by atoms with E-state index in [-0.39, 0.29) is 0 Å². The molecule has 0 radical (unpaired) electrons. The zero-order chi connectivity index (χ0) is 22.7. The minimum Gasteiger partial charge on any atom is -0.378 e. The van der Waals surface area contributed by atoms with E-state index in [2.05, 4.69) is 85.8 Å². The Morgan fingerprint density at radius 3 is 1.81 bits per heavy atom. The first kappa shape index (κ1) is 21.2. The summed E-state index contributed by atoms with van der Waals surface area (Å²) in [7, 11) is 9.94. The van der Waals surface area contributed by atoms with Crippen molar-refractivity contribution in [1.29, 1.82) is 0 Å². The molecule has 7 heteroatoms. The van der Waals surface area contributed by atoms with Crippen molar-refractivity contribution in [1.82, 2.24) is 20.1 Å². The van der Waals surface area contributed by atoms with Crippen LogP contribution >= 0.6 is 0 Å². The number of tetrazole rings is 1. The maximum atomic E-state index is 4.64. The predicted octanol–water partition coefficient (Wildman–Crippen LogP) is 3.42. The van der Waals surface area contributed by atoms with Crippen molar-refractivity contribution in [3.8, 4) is 0 Å². The molecule has 0 fully saturated rings. The summed E-state index contributed by atoms with van der Waals surface area (Å²) in [5.74, 6) is 0.556. The van der Waals surface area contributed by atoms with Crippen LogP contribution in [-0.2, 0) is 7.05 Å². The van der Waals surface area contributed by atoms with E-state index in [1.807, 2.05) is 46.4 Å². The molecule has 0 unspecified atom stereocenters. The summed E-state index contributed by atoms with van der Waals surface area (Å²) < 4.78 is 1.74. The van der Waals surface area contributed by atoms with Crippen molar-refractivity contribution < 1.29 is 4.52 Å². The third kappa shape index (κ3) is 4.83. The second-order valence-corrected chi connectivity index (χ2v) is 8.04. The second kappa shape index (κ2) is 9.01. The van der Waals surface area contributed by atoms with Crippen LogP contribution in [0.3, 0.4) is 0 Å². The third-order valence-corrected chi connectivity index (χ3v) is 5.12. The molecule has 4 rings (SSSR count). The van der Waals surface area contributed by atoms with Crippen LogP contribution in [-0.4, -0.2) is 48.3 Å². The Bertz CT molecular complexity index is 1260. The number of benzene rings is 2. The lowest BCUT2D eigenvalue weighted by atomic mass is 10.1. The van der Waals surface area contributed by atoms with Crippen molar-refractivity contribution in [3.63, 3.8) is 0 Å². The van der Waals surface area contributed by atoms with Crippen LogP contribution in [0.2, 0.25) is 0 Å². The van der Waals surface area contributed by atoms with Gasteiger partial charge in [0.1, 0.15) is 18.4 Å². The number of aromatic nitrogens is 5. The molecule has 0 spiro atoms. The van der Waals surface area contributed by atoms with Gasteiger partial charge in [0, 0.05) is 50.8 Å². The monoisotopic (exact) mass is 426 g/mol. The van der Waals surface area contributed by atoms with E-state index in [1.54, 1.807) is 11.6 Å². The summed E-state index contributed by atoms with van der Waals surface area (Å²) in [4.78, 5) is 10.3. The molecule has 0 aliphatic carbocycles. The molecular weight excluding hydrogens is 398 g/mol. The van der Waals surface area contributed by atoms with E-state index in [0.717, 1.165) is 22.5 Å². The van der Waals surface area contributed by atoms with Gasteiger partial charge in [0.15, 0.2) is 0 Å². The number of hydrogen-bond donors (Lipinski definition) is 0. The number of hydrogen-bond acceptors (Lipinski definition) is 5. The van der Waals surface area contributed by atoms with Crippen LogP contribution in [0, 0.1) is 0 Å². The minimum atomic E-state index is 0.556. The van der Waals surface area contributed by atoms with Crippen molar-refractivity contribution >= 4 is 41.5 Å². The molecule has 2 heterocycles. The SMILES string of the molecule is CN(C)c1ccc(/C=C/c2cc(/C=C/c3ccc(N(C)C)cc3)[n+]3nn(C)nc3n2)cc1. The number of aryl methyl sites for hydroxylation is 1. The predicted molar refractivity (Wildman–Crippen MR) is 131 cm³/mol. The van der Waals surface area contributed by atoms with Gasteiger partial charge in [-0.25, -0.2) is 0 Å². The fourth-order valence-corrected chi connectivity index (χ4v) is 3.29. The molecule has 7 nitrogen and oxygen atoms in total. The summed E-state index contributed by atoms with van der Waals surface area (Å²) in [6, 6.07) is 18.8. The Morgan fingerprint density at radius 2 is 1.28 bits per heavy atom. The highest BCUT2D eigenvalue weighted by molar-refractivity contribution is 5.72. The van der Waals surface area contributed by atoms with Gasteiger partial charge in [-0.05, 0) is 47.5 Å². The molecule has 0 N–H and O–H groups in total. The van der Waals surface area contributed by atoms with Crippen LogP contribution in [0.5, 0.6) is 0 Å². The third-order valence-electron chi connectivity index (χ3n) is 5.12. The molecule has 2 aromatic carbocycles. The number of anilines is 2. The average Bonchev–Trinajstić information content (AvgIpc) is 3.16. The van der Waals surface area contributed by atoms with E-state index >= 15 is 0 Å². The van der Waals surface area contributed by atoms with Gasteiger partial charge < -0.3 is 9.80 Å². The average molecular weight is 427 g/mol. The highest BCUT2D eigenvalue weighted by atomic mass is 15.6. The smallest absolute Gasteiger partial charge is 0.378 e. The summed E-state index contributed by atoms with van der Waals surface area (Å²) in [5, 5.41) is 8.81. The standard InChI is InChI=1S/C25H28N7/c1-29(2)22-13-7-19(8-14-22)6-12-21-18-24(32-25(26-21)27-31(5)28-32)17-11-20-9-15-23(16-10-20)30(3)4/h6-18H,1-5H3/q+1/b12-6+,17-11+. The molecule has 0 bridgehead atoms. The normalized spacial score (nSPS) is 11.7. The molecule has 0 amide bonds. The van der Waals surface area contributed by atoms with Gasteiger partial charge in [0.25, 0.3) is 0 Å². The van der Waals surface area contributed by atoms with E-state index < -0.39 is 0 Å². The van der Waals surface area contributed by atoms with Crippen LogP contribution in [0.1, 0.15) is 22.5 Å². The molecule has 2 aromatic heterocycles. The van der Waals surface area contributed by atoms with Gasteiger partial charge in [-0.3, -0.25) is 0 Å². The van der Waals surface area contributed by atoms with Gasteiger partial charge in [-0.2, -0.15) is 0 Å². The summed E-state index contributed by atoms with van der Waals surface area (Å²) >= 11 is 0. The molecule has 0 aliphatic rings. The molecule has 4 aromatic rings. The summed E-state index contributed by atoms with van der Waals surface area (Å²) in [6.07, 6.45) is 8.17. The van der Waals surface area contributed by atoms with Gasteiger partial charge in [-0.15, -0.1) is 4.98 Å². The van der Waals surface area contributed by atoms with E-state index in [0.29, 0.717) is 5.78 Å². The first-order chi connectivity index (χ1) is 15.4. The van der Waals surface area contributed by atoms with E-state index in [9.17, 15) is 0 Å². The zero-order valence-electron chi connectivity index (χ0n) is 19.1. The minimum absolute atomic E-state index is 0.556. The Morgan fingerprint density at radius 1 is 0.750 bits per heavy atom. The lowest BCUT2D eigenvalue weighted by Gasteiger charge is -2.11. The summed E-state index contributed by atoms with van der Waals surface area (Å²) in [6.45, 7) is 0. The van der Waals surface area contributed by atoms with Crippen molar-refractivity contribution in [2.24, 2.45) is 7.05 Å². The maximum Gasteiger partial charge on any atom is 0.440 e. The number of rotatable bonds is 6. The van der Waals surface area contributed by atoms with Gasteiger partial charge in [-0.1, -0.05) is 45.7 Å². The molecule has 162 valence electrons. The Kier molecular flexibility index (Phi) is 5.98. The number of fused-ring (bicyclic) bond motifs is 1.